The third-order valence-electron chi connectivity index (χ3n) is 4.09. The minimum atomic E-state index is -1.29. The Morgan fingerprint density at radius 1 is 1.38 bits per heavy atom. The van der Waals surface area contributed by atoms with E-state index in [-0.39, 0.29) is 24.5 Å². The van der Waals surface area contributed by atoms with Gasteiger partial charge in [-0.05, 0) is 44.0 Å². The van der Waals surface area contributed by atoms with E-state index in [1.807, 2.05) is 6.92 Å². The number of carbonyl (C=O) groups is 2. The van der Waals surface area contributed by atoms with Crippen LogP contribution in [-0.2, 0) is 16.0 Å². The van der Waals surface area contributed by atoms with Crippen LogP contribution in [-0.4, -0.2) is 32.7 Å². The normalized spacial score (nSPS) is 13.2. The third kappa shape index (κ3) is 4.65. The van der Waals surface area contributed by atoms with Crippen molar-refractivity contribution in [2.45, 2.75) is 52.0 Å². The van der Waals surface area contributed by atoms with Crippen LogP contribution in [0.4, 0.5) is 4.39 Å². The van der Waals surface area contributed by atoms with Crippen LogP contribution in [0.5, 0.6) is 0 Å². The average molecular weight is 363 g/mol. The molecule has 26 heavy (non-hydrogen) atoms. The number of aromatic nitrogens is 2. The van der Waals surface area contributed by atoms with Crippen molar-refractivity contribution in [3.05, 3.63) is 35.5 Å². The number of carboxylic acid groups (broad SMARTS) is 1. The summed E-state index contributed by atoms with van der Waals surface area (Å²) in [5.41, 5.74) is -0.209. The average Bonchev–Trinajstić information content (AvgIpc) is 3.04. The minimum absolute atomic E-state index is 0.0245. The number of hydrogen-bond acceptors (Lipinski definition) is 5. The predicted molar refractivity (Wildman–Crippen MR) is 91.8 cm³/mol. The fourth-order valence-electron chi connectivity index (χ4n) is 2.57. The summed E-state index contributed by atoms with van der Waals surface area (Å²) >= 11 is 0. The molecule has 1 atom stereocenters. The SMILES string of the molecule is CCCC(C)(NC(=O)CCc1nc(-c2ccc(F)c(C)c2)no1)C(=O)O. The van der Waals surface area contributed by atoms with Crippen LogP contribution in [0.25, 0.3) is 11.4 Å². The van der Waals surface area contributed by atoms with E-state index in [2.05, 4.69) is 15.5 Å². The fourth-order valence-corrected chi connectivity index (χ4v) is 2.57. The van der Waals surface area contributed by atoms with Crippen LogP contribution in [0, 0.1) is 12.7 Å². The number of halogens is 1. The molecule has 1 amide bonds. The topological polar surface area (TPSA) is 105 Å². The van der Waals surface area contributed by atoms with Crippen LogP contribution >= 0.6 is 0 Å². The van der Waals surface area contributed by atoms with Crippen molar-refractivity contribution in [3.8, 4) is 11.4 Å². The standard InChI is InChI=1S/C18H22FN3O4/c1-4-9-18(3,17(24)25)21-14(23)7-8-15-20-16(22-26-15)12-5-6-13(19)11(2)10-12/h5-6,10H,4,7-9H2,1-3H3,(H,21,23)(H,24,25). The van der Waals surface area contributed by atoms with Crippen LogP contribution in [0.2, 0.25) is 0 Å². The Balaban J connectivity index is 1.98. The summed E-state index contributed by atoms with van der Waals surface area (Å²) in [4.78, 5) is 27.6. The lowest BCUT2D eigenvalue weighted by Crippen LogP contribution is -2.52. The molecule has 2 N–H and O–H groups in total. The second kappa shape index (κ2) is 8.07. The Morgan fingerprint density at radius 3 is 2.73 bits per heavy atom. The minimum Gasteiger partial charge on any atom is -0.480 e. The van der Waals surface area contributed by atoms with Gasteiger partial charge in [0.2, 0.25) is 17.6 Å². The number of hydrogen-bond donors (Lipinski definition) is 2. The summed E-state index contributed by atoms with van der Waals surface area (Å²) in [6, 6.07) is 4.49. The lowest BCUT2D eigenvalue weighted by atomic mass is 9.96. The van der Waals surface area contributed by atoms with Crippen molar-refractivity contribution in [1.82, 2.24) is 15.5 Å². The molecule has 1 unspecified atom stereocenters. The molecule has 140 valence electrons. The lowest BCUT2D eigenvalue weighted by Gasteiger charge is -2.25. The summed E-state index contributed by atoms with van der Waals surface area (Å²) in [5, 5.41) is 15.7. The number of benzene rings is 1. The molecule has 8 heteroatoms. The van der Waals surface area contributed by atoms with Gasteiger partial charge in [-0.15, -0.1) is 0 Å². The van der Waals surface area contributed by atoms with Gasteiger partial charge >= 0.3 is 5.97 Å². The molecule has 1 aromatic carbocycles. The molecule has 1 heterocycles. The molecular weight excluding hydrogens is 341 g/mol. The van der Waals surface area contributed by atoms with Crippen molar-refractivity contribution >= 4 is 11.9 Å². The molecule has 2 aromatic rings. The first-order valence-corrected chi connectivity index (χ1v) is 8.38. The van der Waals surface area contributed by atoms with Crippen molar-refractivity contribution < 1.29 is 23.6 Å². The van der Waals surface area contributed by atoms with Crippen molar-refractivity contribution in [2.75, 3.05) is 0 Å². The second-order valence-electron chi connectivity index (χ2n) is 6.41. The molecule has 0 spiro atoms. The van der Waals surface area contributed by atoms with Gasteiger partial charge in [0.05, 0.1) is 0 Å². The first kappa shape index (κ1) is 19.6. The highest BCUT2D eigenvalue weighted by molar-refractivity contribution is 5.86. The Hall–Kier alpha value is -2.77. The molecule has 0 aliphatic rings. The zero-order valence-electron chi connectivity index (χ0n) is 15.0. The number of nitrogens with zero attached hydrogens (tertiary/aromatic N) is 2. The van der Waals surface area contributed by atoms with Gasteiger partial charge < -0.3 is 14.9 Å². The maximum Gasteiger partial charge on any atom is 0.329 e. The van der Waals surface area contributed by atoms with Gasteiger partial charge in [0, 0.05) is 18.4 Å². The summed E-state index contributed by atoms with van der Waals surface area (Å²) in [6.07, 6.45) is 1.17. The monoisotopic (exact) mass is 363 g/mol. The highest BCUT2D eigenvalue weighted by atomic mass is 19.1. The smallest absolute Gasteiger partial charge is 0.329 e. The third-order valence-corrected chi connectivity index (χ3v) is 4.09. The van der Waals surface area contributed by atoms with Crippen molar-refractivity contribution in [3.63, 3.8) is 0 Å². The Kier molecular flexibility index (Phi) is 6.07. The molecule has 0 bridgehead atoms. The molecule has 0 aliphatic carbocycles. The molecule has 0 aliphatic heterocycles. The van der Waals surface area contributed by atoms with Crippen molar-refractivity contribution in [1.29, 1.82) is 0 Å². The van der Waals surface area contributed by atoms with E-state index in [4.69, 9.17) is 4.52 Å². The second-order valence-corrected chi connectivity index (χ2v) is 6.41. The maximum absolute atomic E-state index is 13.3. The van der Waals surface area contributed by atoms with Crippen molar-refractivity contribution in [2.24, 2.45) is 0 Å². The fraction of sp³-hybridized carbons (Fsp3) is 0.444. The quantitative estimate of drug-likeness (QED) is 0.747. The highest BCUT2D eigenvalue weighted by Gasteiger charge is 2.33. The summed E-state index contributed by atoms with van der Waals surface area (Å²) in [6.45, 7) is 4.97. The summed E-state index contributed by atoms with van der Waals surface area (Å²) in [5.74, 6) is -1.22. The zero-order valence-corrected chi connectivity index (χ0v) is 15.0. The number of carbonyl (C=O) groups excluding carboxylic acids is 1. The number of carboxylic acids is 1. The number of amides is 1. The van der Waals surface area contributed by atoms with E-state index in [1.54, 1.807) is 19.1 Å². The molecule has 1 aromatic heterocycles. The Bertz CT molecular complexity index is 805. The summed E-state index contributed by atoms with van der Waals surface area (Å²) in [7, 11) is 0. The van der Waals surface area contributed by atoms with E-state index in [9.17, 15) is 19.1 Å². The highest BCUT2D eigenvalue weighted by Crippen LogP contribution is 2.19. The van der Waals surface area contributed by atoms with E-state index in [1.165, 1.54) is 13.0 Å². The number of aryl methyl sites for hydroxylation is 2. The lowest BCUT2D eigenvalue weighted by molar-refractivity contribution is -0.147. The van der Waals surface area contributed by atoms with Gasteiger partial charge in [0.25, 0.3) is 0 Å². The van der Waals surface area contributed by atoms with E-state index in [0.29, 0.717) is 29.8 Å². The molecule has 0 radical (unpaired) electrons. The molecule has 0 saturated heterocycles. The Morgan fingerprint density at radius 2 is 2.12 bits per heavy atom. The maximum atomic E-state index is 13.3. The zero-order chi connectivity index (χ0) is 19.3. The van der Waals surface area contributed by atoms with Gasteiger partial charge in [-0.2, -0.15) is 4.98 Å². The Labute approximate surface area is 150 Å². The van der Waals surface area contributed by atoms with Gasteiger partial charge in [-0.3, -0.25) is 4.79 Å². The molecule has 0 fully saturated rings. The van der Waals surface area contributed by atoms with Gasteiger partial charge in [-0.1, -0.05) is 18.5 Å². The molecular formula is C18H22FN3O4. The number of nitrogens with one attached hydrogen (secondary N) is 1. The molecule has 7 nitrogen and oxygen atoms in total. The summed E-state index contributed by atoms with van der Waals surface area (Å²) < 4.78 is 18.4. The van der Waals surface area contributed by atoms with Gasteiger partial charge in [0.1, 0.15) is 11.4 Å². The first-order valence-electron chi connectivity index (χ1n) is 8.38. The van der Waals surface area contributed by atoms with E-state index >= 15 is 0 Å². The van der Waals surface area contributed by atoms with Crippen LogP contribution in [0.1, 0.15) is 44.6 Å². The molecule has 2 rings (SSSR count). The number of rotatable bonds is 8. The predicted octanol–water partition coefficient (Wildman–Crippen LogP) is 2.88. The van der Waals surface area contributed by atoms with Gasteiger partial charge in [0.15, 0.2) is 0 Å². The van der Waals surface area contributed by atoms with Gasteiger partial charge in [-0.25, -0.2) is 9.18 Å². The molecule has 0 saturated carbocycles. The van der Waals surface area contributed by atoms with Crippen LogP contribution in [0.3, 0.4) is 0 Å². The number of aliphatic carboxylic acids is 1. The van der Waals surface area contributed by atoms with E-state index in [0.717, 1.165) is 0 Å². The van der Waals surface area contributed by atoms with E-state index < -0.39 is 17.4 Å². The van der Waals surface area contributed by atoms with Crippen LogP contribution < -0.4 is 5.32 Å². The van der Waals surface area contributed by atoms with Crippen LogP contribution in [0.15, 0.2) is 22.7 Å². The first-order chi connectivity index (χ1) is 12.2. The largest absolute Gasteiger partial charge is 0.480 e.